The van der Waals surface area contributed by atoms with Crippen LogP contribution in [0.25, 0.3) is 5.69 Å². The lowest BCUT2D eigenvalue weighted by molar-refractivity contribution is -0.385. The van der Waals surface area contributed by atoms with E-state index in [4.69, 9.17) is 5.73 Å². The van der Waals surface area contributed by atoms with Gasteiger partial charge >= 0.3 is 0 Å². The van der Waals surface area contributed by atoms with Crippen molar-refractivity contribution in [1.29, 1.82) is 0 Å². The summed E-state index contributed by atoms with van der Waals surface area (Å²) in [5.41, 5.74) is 7.60. The third-order valence-electron chi connectivity index (χ3n) is 2.54. The SMILES string of the molecule is Cc1ccc([N+](=O)[O-])c(C)c1-n1cc(N)nn1. The molecule has 0 saturated carbocycles. The van der Waals surface area contributed by atoms with Gasteiger partial charge in [0.15, 0.2) is 5.82 Å². The summed E-state index contributed by atoms with van der Waals surface area (Å²) in [4.78, 5) is 10.4. The Labute approximate surface area is 97.0 Å². The molecule has 7 heteroatoms. The number of anilines is 1. The van der Waals surface area contributed by atoms with Crippen molar-refractivity contribution in [2.45, 2.75) is 13.8 Å². The Morgan fingerprint density at radius 3 is 2.65 bits per heavy atom. The normalized spacial score (nSPS) is 10.5. The van der Waals surface area contributed by atoms with E-state index in [0.29, 0.717) is 11.3 Å². The molecule has 88 valence electrons. The van der Waals surface area contributed by atoms with E-state index in [1.165, 1.54) is 16.9 Å². The zero-order valence-corrected chi connectivity index (χ0v) is 9.41. The van der Waals surface area contributed by atoms with E-state index < -0.39 is 4.92 Å². The average Bonchev–Trinajstić information content (AvgIpc) is 2.64. The molecule has 17 heavy (non-hydrogen) atoms. The molecule has 0 spiro atoms. The minimum absolute atomic E-state index is 0.0553. The quantitative estimate of drug-likeness (QED) is 0.623. The lowest BCUT2D eigenvalue weighted by atomic mass is 10.1. The fourth-order valence-electron chi connectivity index (χ4n) is 1.76. The summed E-state index contributed by atoms with van der Waals surface area (Å²) in [5, 5.41) is 18.4. The van der Waals surface area contributed by atoms with E-state index in [1.807, 2.05) is 6.92 Å². The molecule has 0 aliphatic heterocycles. The summed E-state index contributed by atoms with van der Waals surface area (Å²) in [5.74, 6) is 0.273. The van der Waals surface area contributed by atoms with Crippen molar-refractivity contribution in [2.75, 3.05) is 5.73 Å². The second-order valence-corrected chi connectivity index (χ2v) is 3.72. The highest BCUT2D eigenvalue weighted by Crippen LogP contribution is 2.27. The Morgan fingerprint density at radius 2 is 2.12 bits per heavy atom. The second kappa shape index (κ2) is 3.85. The Hall–Kier alpha value is -2.44. The molecular weight excluding hydrogens is 222 g/mol. The van der Waals surface area contributed by atoms with Crippen LogP contribution in [0, 0.1) is 24.0 Å². The van der Waals surface area contributed by atoms with Crippen LogP contribution in [0.4, 0.5) is 11.5 Å². The lowest BCUT2D eigenvalue weighted by Crippen LogP contribution is -2.04. The van der Waals surface area contributed by atoms with Crippen molar-refractivity contribution < 1.29 is 4.92 Å². The molecule has 7 nitrogen and oxygen atoms in total. The lowest BCUT2D eigenvalue weighted by Gasteiger charge is -2.08. The molecule has 0 fully saturated rings. The molecule has 0 unspecified atom stereocenters. The summed E-state index contributed by atoms with van der Waals surface area (Å²) in [7, 11) is 0. The molecule has 0 aliphatic carbocycles. The van der Waals surface area contributed by atoms with Crippen LogP contribution in [0.15, 0.2) is 18.3 Å². The molecule has 0 saturated heterocycles. The van der Waals surface area contributed by atoms with Gasteiger partial charge < -0.3 is 5.73 Å². The molecule has 0 radical (unpaired) electrons. The van der Waals surface area contributed by atoms with E-state index in [9.17, 15) is 10.1 Å². The first-order valence-electron chi connectivity index (χ1n) is 4.93. The molecule has 0 atom stereocenters. The molecule has 2 N–H and O–H groups in total. The van der Waals surface area contributed by atoms with Gasteiger partial charge in [0.2, 0.25) is 0 Å². The second-order valence-electron chi connectivity index (χ2n) is 3.72. The van der Waals surface area contributed by atoms with Gasteiger partial charge in [0.05, 0.1) is 22.4 Å². The maximum absolute atomic E-state index is 10.9. The zero-order valence-electron chi connectivity index (χ0n) is 9.41. The minimum Gasteiger partial charge on any atom is -0.381 e. The number of rotatable bonds is 2. The van der Waals surface area contributed by atoms with E-state index in [0.717, 1.165) is 5.56 Å². The van der Waals surface area contributed by atoms with Gasteiger partial charge in [-0.05, 0) is 19.4 Å². The minimum atomic E-state index is -0.418. The Morgan fingerprint density at radius 1 is 1.41 bits per heavy atom. The summed E-state index contributed by atoms with van der Waals surface area (Å²) < 4.78 is 1.45. The molecule has 0 aliphatic rings. The number of nitrogens with two attached hydrogens (primary N) is 1. The van der Waals surface area contributed by atoms with Crippen molar-refractivity contribution in [2.24, 2.45) is 0 Å². The van der Waals surface area contributed by atoms with Crippen molar-refractivity contribution >= 4 is 11.5 Å². The van der Waals surface area contributed by atoms with Crippen LogP contribution in [0.1, 0.15) is 11.1 Å². The number of nitrogens with zero attached hydrogens (tertiary/aromatic N) is 4. The highest BCUT2D eigenvalue weighted by Gasteiger charge is 2.17. The van der Waals surface area contributed by atoms with Crippen LogP contribution in [0.2, 0.25) is 0 Å². The van der Waals surface area contributed by atoms with Crippen LogP contribution in [0.5, 0.6) is 0 Å². The van der Waals surface area contributed by atoms with Gasteiger partial charge in [0.25, 0.3) is 5.69 Å². The van der Waals surface area contributed by atoms with Gasteiger partial charge in [0, 0.05) is 6.07 Å². The number of hydrogen-bond acceptors (Lipinski definition) is 5. The summed E-state index contributed by atoms with van der Waals surface area (Å²) in [6, 6.07) is 3.16. The highest BCUT2D eigenvalue weighted by atomic mass is 16.6. The van der Waals surface area contributed by atoms with Gasteiger partial charge in [-0.1, -0.05) is 11.3 Å². The van der Waals surface area contributed by atoms with Crippen molar-refractivity contribution in [3.05, 3.63) is 39.6 Å². The van der Waals surface area contributed by atoms with Crippen LogP contribution >= 0.6 is 0 Å². The Bertz CT molecular complexity index is 590. The van der Waals surface area contributed by atoms with Crippen LogP contribution in [0.3, 0.4) is 0 Å². The third kappa shape index (κ3) is 1.82. The first kappa shape index (κ1) is 11.1. The number of aryl methyl sites for hydroxylation is 1. The molecule has 1 heterocycles. The van der Waals surface area contributed by atoms with E-state index in [2.05, 4.69) is 10.3 Å². The van der Waals surface area contributed by atoms with Gasteiger partial charge in [-0.15, -0.1) is 5.10 Å². The molecule has 1 aromatic heterocycles. The fraction of sp³-hybridized carbons (Fsp3) is 0.200. The van der Waals surface area contributed by atoms with Gasteiger partial charge in [-0.2, -0.15) is 0 Å². The van der Waals surface area contributed by atoms with Crippen molar-refractivity contribution in [3.63, 3.8) is 0 Å². The van der Waals surface area contributed by atoms with Crippen molar-refractivity contribution in [3.8, 4) is 5.69 Å². The number of nitrogen functional groups attached to an aromatic ring is 1. The van der Waals surface area contributed by atoms with Crippen LogP contribution < -0.4 is 5.73 Å². The predicted molar refractivity (Wildman–Crippen MR) is 61.9 cm³/mol. The molecule has 1 aromatic carbocycles. The highest BCUT2D eigenvalue weighted by molar-refractivity contribution is 5.57. The largest absolute Gasteiger partial charge is 0.381 e. The van der Waals surface area contributed by atoms with Gasteiger partial charge in [0.1, 0.15) is 0 Å². The average molecular weight is 233 g/mol. The van der Waals surface area contributed by atoms with E-state index in [-0.39, 0.29) is 11.5 Å². The van der Waals surface area contributed by atoms with Gasteiger partial charge in [-0.25, -0.2) is 4.68 Å². The molecule has 0 bridgehead atoms. The standard InChI is InChI=1S/C10H11N5O2/c1-6-3-4-8(15(16)17)7(2)10(6)14-5-9(11)12-13-14/h3-5H,11H2,1-2H3. The maximum atomic E-state index is 10.9. The first-order chi connectivity index (χ1) is 8.00. The number of benzene rings is 1. The van der Waals surface area contributed by atoms with Crippen LogP contribution in [-0.4, -0.2) is 19.9 Å². The Balaban J connectivity index is 2.68. The fourth-order valence-corrected chi connectivity index (χ4v) is 1.76. The first-order valence-corrected chi connectivity index (χ1v) is 4.93. The number of aromatic nitrogens is 3. The Kier molecular flexibility index (Phi) is 2.51. The molecule has 2 rings (SSSR count). The summed E-state index contributed by atoms with van der Waals surface area (Å²) in [6.45, 7) is 3.53. The smallest absolute Gasteiger partial charge is 0.274 e. The van der Waals surface area contributed by atoms with Crippen molar-refractivity contribution in [1.82, 2.24) is 15.0 Å². The van der Waals surface area contributed by atoms with Crippen LogP contribution in [-0.2, 0) is 0 Å². The maximum Gasteiger partial charge on any atom is 0.274 e. The molecule has 0 amide bonds. The van der Waals surface area contributed by atoms with E-state index >= 15 is 0 Å². The zero-order chi connectivity index (χ0) is 12.6. The molecular formula is C10H11N5O2. The number of nitro benzene ring substituents is 1. The van der Waals surface area contributed by atoms with E-state index in [1.54, 1.807) is 13.0 Å². The third-order valence-corrected chi connectivity index (χ3v) is 2.54. The number of nitro groups is 1. The topological polar surface area (TPSA) is 99.9 Å². The summed E-state index contributed by atoms with van der Waals surface area (Å²) >= 11 is 0. The monoisotopic (exact) mass is 233 g/mol. The number of hydrogen-bond donors (Lipinski definition) is 1. The van der Waals surface area contributed by atoms with Gasteiger partial charge in [-0.3, -0.25) is 10.1 Å². The molecule has 2 aromatic rings. The summed E-state index contributed by atoms with van der Waals surface area (Å²) in [6.07, 6.45) is 1.53. The predicted octanol–water partition coefficient (Wildman–Crippen LogP) is 1.37.